The van der Waals surface area contributed by atoms with Gasteiger partial charge in [-0.25, -0.2) is 18.8 Å². The van der Waals surface area contributed by atoms with Crippen molar-refractivity contribution < 1.29 is 13.7 Å². The number of H-pyrrole nitrogens is 1. The molecule has 198 valence electrons. The molecule has 4 N–H and O–H groups in total. The maximum Gasteiger partial charge on any atom is 0.407 e. The number of rotatable bonds is 8. The first-order chi connectivity index (χ1) is 17.7. The molecule has 2 heterocycles. The Hall–Kier alpha value is -2.92. The third kappa shape index (κ3) is 5.98. The second-order valence-corrected chi connectivity index (χ2v) is 13.7. The number of hydrogen-bond acceptors (Lipinski definition) is 8. The van der Waals surface area contributed by atoms with Crippen LogP contribution in [-0.2, 0) is 14.5 Å². The average molecular weight is 543 g/mol. The highest BCUT2D eigenvalue weighted by Crippen LogP contribution is 2.43. The van der Waals surface area contributed by atoms with Crippen LogP contribution in [0.1, 0.15) is 69.0 Å². The fourth-order valence-electron chi connectivity index (χ4n) is 4.76. The fraction of sp³-hybridized carbons (Fsp3) is 0.500. The molecule has 1 atom stereocenters. The smallest absolute Gasteiger partial charge is 0.407 e. The number of aromatic nitrogens is 3. The molecule has 2 aromatic heterocycles. The van der Waals surface area contributed by atoms with Gasteiger partial charge in [0.2, 0.25) is 0 Å². The zero-order valence-corrected chi connectivity index (χ0v) is 23.0. The van der Waals surface area contributed by atoms with Gasteiger partial charge in [-0.2, -0.15) is 5.10 Å². The molecule has 2 aliphatic carbocycles. The summed E-state index contributed by atoms with van der Waals surface area (Å²) in [5, 5.41) is 14.3. The molecule has 9 nitrogen and oxygen atoms in total. The molecule has 1 aromatic carbocycles. The maximum absolute atomic E-state index is 13.6. The number of carbonyl (C=O) groups is 1. The summed E-state index contributed by atoms with van der Waals surface area (Å²) in [6, 6.07) is 7.77. The van der Waals surface area contributed by atoms with E-state index in [2.05, 4.69) is 20.8 Å². The van der Waals surface area contributed by atoms with Crippen LogP contribution in [0.15, 0.2) is 35.4 Å². The van der Waals surface area contributed by atoms with E-state index in [1.54, 1.807) is 11.3 Å². The SMILES string of the molecule is Cc1cc(Nc2ccc(-c3cnc(C4CCC(NC(=O)OC(C)C)CC4)s3)c(S(=N)(=O)C3CC3)c2)n[nH]1. The van der Waals surface area contributed by atoms with Crippen molar-refractivity contribution in [3.05, 3.63) is 41.2 Å². The van der Waals surface area contributed by atoms with Crippen molar-refractivity contribution in [2.45, 2.75) is 87.5 Å². The van der Waals surface area contributed by atoms with Crippen LogP contribution in [-0.4, -0.2) is 42.9 Å². The van der Waals surface area contributed by atoms with E-state index in [9.17, 15) is 9.00 Å². The summed E-state index contributed by atoms with van der Waals surface area (Å²) in [4.78, 5) is 18.2. The van der Waals surface area contributed by atoms with Crippen molar-refractivity contribution in [1.82, 2.24) is 20.5 Å². The van der Waals surface area contributed by atoms with Crippen LogP contribution in [0.25, 0.3) is 10.4 Å². The van der Waals surface area contributed by atoms with Gasteiger partial charge in [-0.15, -0.1) is 11.3 Å². The minimum absolute atomic E-state index is 0.0910. The molecule has 5 rings (SSSR count). The summed E-state index contributed by atoms with van der Waals surface area (Å²) in [5.74, 6) is 1.01. The number of nitrogens with one attached hydrogen (secondary N) is 4. The Balaban J connectivity index is 1.33. The van der Waals surface area contributed by atoms with E-state index in [-0.39, 0.29) is 23.5 Å². The van der Waals surface area contributed by atoms with Crippen LogP contribution < -0.4 is 10.6 Å². The number of hydrogen-bond donors (Lipinski definition) is 4. The summed E-state index contributed by atoms with van der Waals surface area (Å²) in [7, 11) is -2.94. The summed E-state index contributed by atoms with van der Waals surface area (Å²) in [5.41, 5.74) is 2.53. The number of alkyl carbamates (subject to hydrolysis) is 1. The second kappa shape index (κ2) is 10.4. The van der Waals surface area contributed by atoms with Crippen molar-refractivity contribution in [3.63, 3.8) is 0 Å². The first-order valence-corrected chi connectivity index (χ1v) is 15.3. The Bertz CT molecular complexity index is 1370. The van der Waals surface area contributed by atoms with Crippen LogP contribution in [0.5, 0.6) is 0 Å². The van der Waals surface area contributed by atoms with Gasteiger partial charge in [-0.3, -0.25) is 5.10 Å². The highest BCUT2D eigenvalue weighted by Gasteiger charge is 2.36. The maximum atomic E-state index is 13.6. The predicted molar refractivity (Wildman–Crippen MR) is 146 cm³/mol. The minimum atomic E-state index is -2.94. The van der Waals surface area contributed by atoms with Crippen LogP contribution >= 0.6 is 11.3 Å². The molecule has 1 amide bonds. The molecular formula is C26H34N6O3S2. The van der Waals surface area contributed by atoms with Gasteiger partial charge < -0.3 is 15.4 Å². The molecule has 0 spiro atoms. The van der Waals surface area contributed by atoms with Crippen LogP contribution in [0.3, 0.4) is 0 Å². The largest absolute Gasteiger partial charge is 0.447 e. The molecule has 2 fully saturated rings. The van der Waals surface area contributed by atoms with Crippen molar-refractivity contribution in [1.29, 1.82) is 4.78 Å². The molecule has 3 aromatic rings. The molecule has 0 bridgehead atoms. The van der Waals surface area contributed by atoms with Crippen LogP contribution in [0, 0.1) is 11.7 Å². The summed E-state index contributed by atoms with van der Waals surface area (Å²) in [6.45, 7) is 5.62. The molecule has 1 unspecified atom stereocenters. The lowest BCUT2D eigenvalue weighted by molar-refractivity contribution is 0.109. The Morgan fingerprint density at radius 2 is 1.95 bits per heavy atom. The minimum Gasteiger partial charge on any atom is -0.447 e. The van der Waals surface area contributed by atoms with E-state index in [1.807, 2.05) is 51.2 Å². The summed E-state index contributed by atoms with van der Waals surface area (Å²) < 4.78 is 27.6. The van der Waals surface area contributed by atoms with Gasteiger partial charge in [0.25, 0.3) is 0 Å². The molecule has 2 saturated carbocycles. The van der Waals surface area contributed by atoms with Gasteiger partial charge in [0.05, 0.1) is 30.6 Å². The zero-order chi connectivity index (χ0) is 26.2. The highest BCUT2D eigenvalue weighted by atomic mass is 32.2. The van der Waals surface area contributed by atoms with E-state index in [0.29, 0.717) is 16.6 Å². The molecule has 0 saturated heterocycles. The number of ether oxygens (including phenoxy) is 1. The number of amides is 1. The highest BCUT2D eigenvalue weighted by molar-refractivity contribution is 7.93. The number of benzene rings is 1. The summed E-state index contributed by atoms with van der Waals surface area (Å²) in [6.07, 6.45) is 6.67. The third-order valence-electron chi connectivity index (χ3n) is 6.81. The average Bonchev–Trinajstić information content (AvgIpc) is 3.48. The Morgan fingerprint density at radius 3 is 2.59 bits per heavy atom. The number of thiazole rings is 1. The number of anilines is 2. The van der Waals surface area contributed by atoms with Gasteiger partial charge in [0.1, 0.15) is 0 Å². The van der Waals surface area contributed by atoms with Crippen molar-refractivity contribution in [2.75, 3.05) is 5.32 Å². The van der Waals surface area contributed by atoms with Gasteiger partial charge in [-0.1, -0.05) is 6.07 Å². The molecular weight excluding hydrogens is 508 g/mol. The standard InChI is InChI=1S/C26H34N6O3S2/c1-15(2)35-26(33)30-18-6-4-17(5-7-18)25-28-14-22(36-25)21-11-8-19(29-24-12-16(3)31-32-24)13-23(21)37(27,34)20-9-10-20/h8,11-15,17-18,20,27H,4-7,9-10H2,1-3H3,(H,30,33)(H2,29,31,32). The molecule has 11 heteroatoms. The Kier molecular flexibility index (Phi) is 7.26. The number of carbonyl (C=O) groups excluding carboxylic acids is 1. The van der Waals surface area contributed by atoms with E-state index >= 15 is 0 Å². The molecule has 37 heavy (non-hydrogen) atoms. The van der Waals surface area contributed by atoms with Crippen LogP contribution in [0.2, 0.25) is 0 Å². The number of aryl methyl sites for hydroxylation is 1. The Morgan fingerprint density at radius 1 is 1.19 bits per heavy atom. The van der Waals surface area contributed by atoms with Crippen molar-refractivity contribution in [2.24, 2.45) is 0 Å². The first-order valence-electron chi connectivity index (χ1n) is 12.8. The van der Waals surface area contributed by atoms with E-state index < -0.39 is 9.73 Å². The molecule has 2 aliphatic rings. The second-order valence-electron chi connectivity index (χ2n) is 10.3. The van der Waals surface area contributed by atoms with Gasteiger partial charge >= 0.3 is 6.09 Å². The lowest BCUT2D eigenvalue weighted by Crippen LogP contribution is -2.38. The summed E-state index contributed by atoms with van der Waals surface area (Å²) >= 11 is 1.62. The Labute approximate surface area is 221 Å². The van der Waals surface area contributed by atoms with Gasteiger partial charge in [0.15, 0.2) is 5.82 Å². The number of nitrogens with zero attached hydrogens (tertiary/aromatic N) is 2. The van der Waals surface area contributed by atoms with E-state index in [1.165, 1.54) is 0 Å². The molecule has 0 aliphatic heterocycles. The zero-order valence-electron chi connectivity index (χ0n) is 21.4. The van der Waals surface area contributed by atoms with E-state index in [4.69, 9.17) is 14.5 Å². The number of aromatic amines is 1. The quantitative estimate of drug-likeness (QED) is 0.263. The van der Waals surface area contributed by atoms with Crippen molar-refractivity contribution >= 4 is 38.7 Å². The first kappa shape index (κ1) is 25.7. The monoisotopic (exact) mass is 542 g/mol. The topological polar surface area (TPSA) is 133 Å². The van der Waals surface area contributed by atoms with Crippen LogP contribution in [0.4, 0.5) is 16.3 Å². The normalized spacial score (nSPS) is 21.4. The van der Waals surface area contributed by atoms with E-state index in [0.717, 1.165) is 65.4 Å². The molecule has 0 radical (unpaired) electrons. The predicted octanol–water partition coefficient (Wildman–Crippen LogP) is 6.31. The third-order valence-corrected chi connectivity index (χ3v) is 10.4. The van der Waals surface area contributed by atoms with Gasteiger partial charge in [0, 0.05) is 46.4 Å². The van der Waals surface area contributed by atoms with Gasteiger partial charge in [-0.05, 0) is 71.4 Å². The fourth-order valence-corrected chi connectivity index (χ4v) is 7.92. The lowest BCUT2D eigenvalue weighted by atomic mass is 9.86. The van der Waals surface area contributed by atoms with Crippen molar-refractivity contribution in [3.8, 4) is 10.4 Å². The lowest BCUT2D eigenvalue weighted by Gasteiger charge is -2.28.